The van der Waals surface area contributed by atoms with E-state index in [1.807, 2.05) is 24.3 Å². The Balaban J connectivity index is 1.41. The minimum Gasteiger partial charge on any atom is -0.375 e. The average Bonchev–Trinajstić information content (AvgIpc) is 3.45. The van der Waals surface area contributed by atoms with Gasteiger partial charge in [-0.1, -0.05) is 17.3 Å². The van der Waals surface area contributed by atoms with E-state index in [9.17, 15) is 9.59 Å². The van der Waals surface area contributed by atoms with Crippen molar-refractivity contribution in [1.29, 1.82) is 0 Å². The summed E-state index contributed by atoms with van der Waals surface area (Å²) in [7, 11) is 1.46. The van der Waals surface area contributed by atoms with Gasteiger partial charge in [0.2, 0.25) is 17.6 Å². The molecule has 1 saturated heterocycles. The first-order chi connectivity index (χ1) is 16.0. The minimum atomic E-state index is -0.273. The van der Waals surface area contributed by atoms with Gasteiger partial charge in [-0.15, -0.1) is 0 Å². The molecule has 3 heterocycles. The first-order valence-electron chi connectivity index (χ1n) is 10.7. The van der Waals surface area contributed by atoms with Gasteiger partial charge in [-0.2, -0.15) is 4.98 Å². The van der Waals surface area contributed by atoms with Crippen LogP contribution in [0.25, 0.3) is 11.4 Å². The Morgan fingerprint density at radius 2 is 2.00 bits per heavy atom. The molecular weight excluding hydrogens is 424 g/mol. The maximum Gasteiger partial charge on any atom is 0.251 e. The van der Waals surface area contributed by atoms with Gasteiger partial charge < -0.3 is 19.9 Å². The number of rotatable bonds is 8. The highest BCUT2D eigenvalue weighted by Crippen LogP contribution is 2.33. The molecule has 10 heteroatoms. The molecular formula is C23H26N6O4. The summed E-state index contributed by atoms with van der Waals surface area (Å²) in [5.74, 6) is 1.10. The number of pyridine rings is 1. The molecule has 1 unspecified atom stereocenters. The Kier molecular flexibility index (Phi) is 7.06. The van der Waals surface area contributed by atoms with Crippen molar-refractivity contribution in [1.82, 2.24) is 20.0 Å². The topological polar surface area (TPSA) is 122 Å². The van der Waals surface area contributed by atoms with E-state index >= 15 is 0 Å². The van der Waals surface area contributed by atoms with Crippen molar-refractivity contribution >= 4 is 23.3 Å². The monoisotopic (exact) mass is 450 g/mol. The van der Waals surface area contributed by atoms with Crippen molar-refractivity contribution in [2.45, 2.75) is 32.4 Å². The molecule has 4 rings (SSSR count). The molecule has 0 spiro atoms. The predicted octanol–water partition coefficient (Wildman–Crippen LogP) is 3.01. The molecule has 1 aliphatic heterocycles. The average molecular weight is 450 g/mol. The van der Waals surface area contributed by atoms with Gasteiger partial charge in [0.1, 0.15) is 12.4 Å². The number of aromatic nitrogens is 3. The zero-order valence-corrected chi connectivity index (χ0v) is 18.6. The Labute approximate surface area is 191 Å². The molecule has 3 aromatic rings. The molecule has 0 bridgehead atoms. The number of amides is 2. The summed E-state index contributed by atoms with van der Waals surface area (Å²) in [6.45, 7) is 3.15. The van der Waals surface area contributed by atoms with Gasteiger partial charge in [0.25, 0.3) is 5.91 Å². The van der Waals surface area contributed by atoms with Gasteiger partial charge in [0, 0.05) is 38.0 Å². The second kappa shape index (κ2) is 10.3. The smallest absolute Gasteiger partial charge is 0.251 e. The SMILES string of the molecule is COCC(=O)Nc1ccc(-c2noc(C3CCCN3Cc3ccc(NC(C)=O)cc3)n2)cn1. The van der Waals surface area contributed by atoms with E-state index < -0.39 is 0 Å². The van der Waals surface area contributed by atoms with Crippen LogP contribution in [0.4, 0.5) is 11.5 Å². The molecule has 10 nitrogen and oxygen atoms in total. The third-order valence-electron chi connectivity index (χ3n) is 5.32. The predicted molar refractivity (Wildman–Crippen MR) is 121 cm³/mol. The van der Waals surface area contributed by atoms with Gasteiger partial charge in [-0.3, -0.25) is 14.5 Å². The van der Waals surface area contributed by atoms with Crippen LogP contribution in [0.3, 0.4) is 0 Å². The fraction of sp³-hybridized carbons (Fsp3) is 0.348. The van der Waals surface area contributed by atoms with E-state index in [-0.39, 0.29) is 24.5 Å². The van der Waals surface area contributed by atoms with E-state index in [2.05, 4.69) is 30.7 Å². The summed E-state index contributed by atoms with van der Waals surface area (Å²) < 4.78 is 10.4. The quantitative estimate of drug-likeness (QED) is 0.537. The van der Waals surface area contributed by atoms with Crippen LogP contribution >= 0.6 is 0 Å². The van der Waals surface area contributed by atoms with Crippen molar-refractivity contribution in [2.24, 2.45) is 0 Å². The van der Waals surface area contributed by atoms with E-state index in [4.69, 9.17) is 9.26 Å². The number of carbonyl (C=O) groups is 2. The number of benzene rings is 1. The zero-order valence-electron chi connectivity index (χ0n) is 18.6. The van der Waals surface area contributed by atoms with E-state index in [0.29, 0.717) is 23.1 Å². The third kappa shape index (κ3) is 5.79. The lowest BCUT2D eigenvalue weighted by atomic mass is 10.1. The third-order valence-corrected chi connectivity index (χ3v) is 5.32. The Morgan fingerprint density at radius 1 is 1.18 bits per heavy atom. The number of hydrogen-bond donors (Lipinski definition) is 2. The van der Waals surface area contributed by atoms with Crippen LogP contribution < -0.4 is 10.6 Å². The number of anilines is 2. The Morgan fingerprint density at radius 3 is 2.70 bits per heavy atom. The molecule has 2 amide bonds. The number of ether oxygens (including phenoxy) is 1. The summed E-state index contributed by atoms with van der Waals surface area (Å²) >= 11 is 0. The summed E-state index contributed by atoms with van der Waals surface area (Å²) in [4.78, 5) is 34.0. The number of carbonyl (C=O) groups excluding carboxylic acids is 2. The lowest BCUT2D eigenvalue weighted by Gasteiger charge is -2.21. The minimum absolute atomic E-state index is 0.0328. The van der Waals surface area contributed by atoms with Crippen molar-refractivity contribution in [3.05, 3.63) is 54.0 Å². The number of hydrogen-bond acceptors (Lipinski definition) is 8. The van der Waals surface area contributed by atoms with Crippen LogP contribution in [0.15, 0.2) is 47.1 Å². The van der Waals surface area contributed by atoms with E-state index in [0.717, 1.165) is 37.2 Å². The van der Waals surface area contributed by atoms with Gasteiger partial charge in [-0.05, 0) is 49.2 Å². The molecule has 172 valence electrons. The summed E-state index contributed by atoms with van der Waals surface area (Å²) in [6.07, 6.45) is 3.58. The molecule has 0 radical (unpaired) electrons. The molecule has 2 aromatic heterocycles. The number of nitrogens with zero attached hydrogens (tertiary/aromatic N) is 4. The zero-order chi connectivity index (χ0) is 23.2. The van der Waals surface area contributed by atoms with Crippen molar-refractivity contribution in [2.75, 3.05) is 30.9 Å². The van der Waals surface area contributed by atoms with E-state index in [1.165, 1.54) is 14.0 Å². The number of likely N-dealkylation sites (tertiary alicyclic amines) is 1. The molecule has 33 heavy (non-hydrogen) atoms. The normalized spacial score (nSPS) is 16.0. The van der Waals surface area contributed by atoms with Crippen LogP contribution in [-0.4, -0.2) is 52.1 Å². The highest BCUT2D eigenvalue weighted by atomic mass is 16.5. The highest BCUT2D eigenvalue weighted by Gasteiger charge is 2.30. The first-order valence-corrected chi connectivity index (χ1v) is 10.7. The summed E-state index contributed by atoms with van der Waals surface area (Å²) in [6, 6.07) is 11.3. The lowest BCUT2D eigenvalue weighted by molar-refractivity contribution is -0.119. The van der Waals surface area contributed by atoms with Crippen LogP contribution in [-0.2, 0) is 20.9 Å². The fourth-order valence-electron chi connectivity index (χ4n) is 3.82. The second-order valence-corrected chi connectivity index (χ2v) is 7.88. The lowest BCUT2D eigenvalue weighted by Crippen LogP contribution is -2.23. The molecule has 1 atom stereocenters. The largest absolute Gasteiger partial charge is 0.375 e. The standard InChI is InChI=1S/C23H26N6O4/c1-15(30)25-18-8-5-16(6-9-18)13-29-11-3-4-19(29)23-27-22(28-33-23)17-7-10-20(24-12-17)26-21(31)14-32-2/h5-10,12,19H,3-4,11,13-14H2,1-2H3,(H,25,30)(H,24,26,31). The molecule has 2 N–H and O–H groups in total. The van der Waals surface area contributed by atoms with Crippen LogP contribution in [0.5, 0.6) is 0 Å². The van der Waals surface area contributed by atoms with Crippen molar-refractivity contribution in [3.8, 4) is 11.4 Å². The molecule has 1 aromatic carbocycles. The van der Waals surface area contributed by atoms with Crippen LogP contribution in [0, 0.1) is 0 Å². The maximum absolute atomic E-state index is 11.6. The molecule has 0 saturated carbocycles. The van der Waals surface area contributed by atoms with Crippen molar-refractivity contribution < 1.29 is 18.8 Å². The summed E-state index contributed by atoms with van der Waals surface area (Å²) in [5.41, 5.74) is 2.63. The highest BCUT2D eigenvalue weighted by molar-refractivity contribution is 5.90. The van der Waals surface area contributed by atoms with Gasteiger partial charge in [-0.25, -0.2) is 4.98 Å². The van der Waals surface area contributed by atoms with Gasteiger partial charge in [0.15, 0.2) is 0 Å². The maximum atomic E-state index is 11.6. The molecule has 0 aliphatic carbocycles. The van der Waals surface area contributed by atoms with Crippen LogP contribution in [0.2, 0.25) is 0 Å². The van der Waals surface area contributed by atoms with Crippen molar-refractivity contribution in [3.63, 3.8) is 0 Å². The van der Waals surface area contributed by atoms with Gasteiger partial charge in [0.05, 0.1) is 6.04 Å². The Hall–Kier alpha value is -3.63. The molecule has 1 aliphatic rings. The number of methoxy groups -OCH3 is 1. The van der Waals surface area contributed by atoms with Gasteiger partial charge >= 0.3 is 0 Å². The van der Waals surface area contributed by atoms with Crippen LogP contribution in [0.1, 0.15) is 37.3 Å². The Bertz CT molecular complexity index is 1100. The fourth-order valence-corrected chi connectivity index (χ4v) is 3.82. The second-order valence-electron chi connectivity index (χ2n) is 7.88. The first kappa shape index (κ1) is 22.6. The molecule has 1 fully saturated rings. The number of nitrogens with one attached hydrogen (secondary N) is 2. The summed E-state index contributed by atoms with van der Waals surface area (Å²) in [5, 5.41) is 9.56. The van der Waals surface area contributed by atoms with E-state index in [1.54, 1.807) is 18.3 Å².